The monoisotopic (exact) mass is 328 g/mol. The van der Waals surface area contributed by atoms with Gasteiger partial charge in [-0.15, -0.1) is 0 Å². The average Bonchev–Trinajstić information content (AvgIpc) is 2.32. The molecular formula is C17H36N4O2. The van der Waals surface area contributed by atoms with Gasteiger partial charge in [-0.25, -0.2) is 10.1 Å². The minimum Gasteiger partial charge on any atom is -0.249 e. The van der Waals surface area contributed by atoms with E-state index in [-0.39, 0.29) is 22.9 Å². The SMILES string of the molecule is CC(C)C(C(C)(C)N=NC(C)(C)C)C(C)(N=NC(C)(C)C)OO. The fourth-order valence-electron chi connectivity index (χ4n) is 2.82. The predicted octanol–water partition coefficient (Wildman–Crippen LogP) is 5.74. The van der Waals surface area contributed by atoms with Gasteiger partial charge < -0.3 is 0 Å². The van der Waals surface area contributed by atoms with Crippen molar-refractivity contribution < 1.29 is 10.1 Å². The van der Waals surface area contributed by atoms with Crippen LogP contribution in [0.15, 0.2) is 20.5 Å². The molecule has 0 aliphatic carbocycles. The summed E-state index contributed by atoms with van der Waals surface area (Å²) in [7, 11) is 0. The van der Waals surface area contributed by atoms with Gasteiger partial charge in [-0.1, -0.05) is 13.8 Å². The molecule has 0 aromatic rings. The molecule has 0 aliphatic heterocycles. The maximum Gasteiger partial charge on any atom is 0.214 e. The molecule has 2 unspecified atom stereocenters. The van der Waals surface area contributed by atoms with E-state index in [4.69, 9.17) is 4.89 Å². The lowest BCUT2D eigenvalue weighted by Crippen LogP contribution is -2.49. The molecule has 0 radical (unpaired) electrons. The van der Waals surface area contributed by atoms with Crippen LogP contribution in [0.25, 0.3) is 0 Å². The summed E-state index contributed by atoms with van der Waals surface area (Å²) in [4.78, 5) is 4.81. The number of rotatable bonds is 6. The molecule has 0 rings (SSSR count). The maximum absolute atomic E-state index is 9.57. The highest BCUT2D eigenvalue weighted by molar-refractivity contribution is 4.97. The fraction of sp³-hybridized carbons (Fsp3) is 1.00. The normalized spacial score (nSPS) is 18.8. The first kappa shape index (κ1) is 22.1. The largest absolute Gasteiger partial charge is 0.249 e. The van der Waals surface area contributed by atoms with Gasteiger partial charge in [0.15, 0.2) is 0 Å². The molecule has 0 fully saturated rings. The smallest absolute Gasteiger partial charge is 0.214 e. The molecule has 0 saturated heterocycles. The number of hydrogen-bond acceptors (Lipinski definition) is 6. The van der Waals surface area contributed by atoms with Gasteiger partial charge in [0.25, 0.3) is 0 Å². The van der Waals surface area contributed by atoms with Crippen LogP contribution in [0.1, 0.15) is 76.2 Å². The summed E-state index contributed by atoms with van der Waals surface area (Å²) >= 11 is 0. The van der Waals surface area contributed by atoms with Crippen molar-refractivity contribution in [3.05, 3.63) is 0 Å². The van der Waals surface area contributed by atoms with E-state index in [1.165, 1.54) is 0 Å². The minimum atomic E-state index is -1.19. The number of nitrogens with zero attached hydrogens (tertiary/aromatic N) is 4. The van der Waals surface area contributed by atoms with Crippen LogP contribution in [0.2, 0.25) is 0 Å². The van der Waals surface area contributed by atoms with E-state index < -0.39 is 11.3 Å². The fourth-order valence-corrected chi connectivity index (χ4v) is 2.82. The van der Waals surface area contributed by atoms with Crippen LogP contribution in [0.4, 0.5) is 0 Å². The topological polar surface area (TPSA) is 78.9 Å². The van der Waals surface area contributed by atoms with Crippen LogP contribution in [-0.4, -0.2) is 27.6 Å². The van der Waals surface area contributed by atoms with Crippen molar-refractivity contribution in [2.45, 2.75) is 98.5 Å². The summed E-state index contributed by atoms with van der Waals surface area (Å²) in [5.41, 5.74) is -2.38. The van der Waals surface area contributed by atoms with E-state index in [1.807, 2.05) is 55.4 Å². The quantitative estimate of drug-likeness (QED) is 0.383. The Morgan fingerprint density at radius 2 is 1.09 bits per heavy atom. The van der Waals surface area contributed by atoms with E-state index in [0.717, 1.165) is 0 Å². The molecule has 1 N–H and O–H groups in total. The van der Waals surface area contributed by atoms with Crippen LogP contribution < -0.4 is 0 Å². The number of azo groups is 2. The van der Waals surface area contributed by atoms with Gasteiger partial charge in [0.05, 0.1) is 16.6 Å². The van der Waals surface area contributed by atoms with Gasteiger partial charge in [-0.2, -0.15) is 20.5 Å². The summed E-state index contributed by atoms with van der Waals surface area (Å²) in [5.74, 6) is -0.0582. The Balaban J connectivity index is 5.84. The van der Waals surface area contributed by atoms with Crippen LogP contribution >= 0.6 is 0 Å². The molecule has 0 aromatic carbocycles. The zero-order valence-electron chi connectivity index (χ0n) is 16.8. The van der Waals surface area contributed by atoms with Crippen LogP contribution in [0, 0.1) is 11.8 Å². The van der Waals surface area contributed by atoms with E-state index >= 15 is 0 Å². The molecule has 0 bridgehead atoms. The summed E-state index contributed by atoms with van der Waals surface area (Å²) in [6.45, 7) is 21.7. The van der Waals surface area contributed by atoms with Gasteiger partial charge in [-0.05, 0) is 68.2 Å². The van der Waals surface area contributed by atoms with Crippen LogP contribution in [0.5, 0.6) is 0 Å². The third kappa shape index (κ3) is 7.48. The second-order valence-electron chi connectivity index (χ2n) is 9.26. The molecule has 0 aromatic heterocycles. The number of hydrogen-bond donors (Lipinski definition) is 1. The lowest BCUT2D eigenvalue weighted by Gasteiger charge is -2.41. The molecular weight excluding hydrogens is 292 g/mol. The van der Waals surface area contributed by atoms with Crippen LogP contribution in [-0.2, 0) is 4.89 Å². The van der Waals surface area contributed by atoms with Gasteiger partial charge in [0.1, 0.15) is 0 Å². The van der Waals surface area contributed by atoms with E-state index in [1.54, 1.807) is 6.92 Å². The zero-order chi connectivity index (χ0) is 18.7. The van der Waals surface area contributed by atoms with Crippen molar-refractivity contribution in [1.29, 1.82) is 0 Å². The Morgan fingerprint density at radius 1 is 0.696 bits per heavy atom. The molecule has 6 heteroatoms. The van der Waals surface area contributed by atoms with Gasteiger partial charge >= 0.3 is 0 Å². The molecule has 6 nitrogen and oxygen atoms in total. The Kier molecular flexibility index (Phi) is 7.06. The first-order valence-corrected chi connectivity index (χ1v) is 8.25. The van der Waals surface area contributed by atoms with Crippen molar-refractivity contribution >= 4 is 0 Å². The zero-order valence-corrected chi connectivity index (χ0v) is 16.8. The Bertz CT molecular complexity index is 431. The van der Waals surface area contributed by atoms with E-state index in [9.17, 15) is 5.26 Å². The molecule has 136 valence electrons. The minimum absolute atomic E-state index is 0.153. The van der Waals surface area contributed by atoms with Gasteiger partial charge in [0, 0.05) is 5.92 Å². The highest BCUT2D eigenvalue weighted by Crippen LogP contribution is 2.41. The molecule has 0 amide bonds. The summed E-state index contributed by atoms with van der Waals surface area (Å²) in [5, 5.41) is 27.1. The van der Waals surface area contributed by atoms with Crippen molar-refractivity contribution in [3.63, 3.8) is 0 Å². The molecule has 23 heavy (non-hydrogen) atoms. The summed E-state index contributed by atoms with van der Waals surface area (Å²) in [6, 6.07) is 0. The molecule has 0 heterocycles. The maximum atomic E-state index is 9.57. The second-order valence-corrected chi connectivity index (χ2v) is 9.26. The Labute approximate surface area is 141 Å². The first-order chi connectivity index (χ1) is 10.0. The Hall–Kier alpha value is -0.880. The third-order valence-corrected chi connectivity index (χ3v) is 3.35. The highest BCUT2D eigenvalue weighted by Gasteiger charge is 2.48. The predicted molar refractivity (Wildman–Crippen MR) is 93.7 cm³/mol. The molecule has 2 atom stereocenters. The highest BCUT2D eigenvalue weighted by atomic mass is 17.1. The lowest BCUT2D eigenvalue weighted by atomic mass is 9.73. The van der Waals surface area contributed by atoms with Crippen LogP contribution in [0.3, 0.4) is 0 Å². The van der Waals surface area contributed by atoms with Crippen molar-refractivity contribution in [2.75, 3.05) is 0 Å². The average molecular weight is 329 g/mol. The van der Waals surface area contributed by atoms with E-state index in [2.05, 4.69) is 34.3 Å². The standard InChI is InChI=1S/C17H36N4O2/c1-12(2)13(16(9,10)20-18-14(3,4)5)17(11,23-22)21-19-15(6,7)8/h12-13,22H,1-11H3. The van der Waals surface area contributed by atoms with Gasteiger partial charge in [-0.3, -0.25) is 0 Å². The van der Waals surface area contributed by atoms with Gasteiger partial charge in [0.2, 0.25) is 5.72 Å². The first-order valence-electron chi connectivity index (χ1n) is 8.25. The lowest BCUT2D eigenvalue weighted by molar-refractivity contribution is -0.339. The molecule has 0 spiro atoms. The van der Waals surface area contributed by atoms with E-state index in [0.29, 0.717) is 0 Å². The van der Waals surface area contributed by atoms with Crippen molar-refractivity contribution in [1.82, 2.24) is 0 Å². The summed E-state index contributed by atoms with van der Waals surface area (Å²) < 4.78 is 0. The van der Waals surface area contributed by atoms with Crippen molar-refractivity contribution in [3.8, 4) is 0 Å². The molecule has 0 aliphatic rings. The second kappa shape index (κ2) is 7.34. The summed E-state index contributed by atoms with van der Waals surface area (Å²) in [6.07, 6.45) is 0. The third-order valence-electron chi connectivity index (χ3n) is 3.35. The molecule has 0 saturated carbocycles. The van der Waals surface area contributed by atoms with Crippen molar-refractivity contribution in [2.24, 2.45) is 32.3 Å². The Morgan fingerprint density at radius 3 is 1.39 bits per heavy atom.